The summed E-state index contributed by atoms with van der Waals surface area (Å²) in [5, 5.41) is 12.0. The lowest BCUT2D eigenvalue weighted by molar-refractivity contribution is 0.0564. The van der Waals surface area contributed by atoms with Crippen LogP contribution in [0.5, 0.6) is 0 Å². The molecule has 15 heavy (non-hydrogen) atoms. The van der Waals surface area contributed by atoms with E-state index < -0.39 is 0 Å². The van der Waals surface area contributed by atoms with Gasteiger partial charge < -0.3 is 10.4 Å². The SMILES string of the molecule is O=C(NC1CC(O)C1)c1cc(Br)c(Br)s1. The van der Waals surface area contributed by atoms with Gasteiger partial charge in [0.25, 0.3) is 5.91 Å². The number of aliphatic hydroxyl groups is 1. The molecule has 0 aliphatic heterocycles. The van der Waals surface area contributed by atoms with E-state index >= 15 is 0 Å². The summed E-state index contributed by atoms with van der Waals surface area (Å²) in [6.07, 6.45) is 1.09. The fourth-order valence-electron chi connectivity index (χ4n) is 1.42. The number of hydrogen-bond acceptors (Lipinski definition) is 3. The first-order valence-electron chi connectivity index (χ1n) is 4.50. The summed E-state index contributed by atoms with van der Waals surface area (Å²) in [7, 11) is 0. The molecular weight excluding hydrogens is 346 g/mol. The topological polar surface area (TPSA) is 49.3 Å². The summed E-state index contributed by atoms with van der Waals surface area (Å²) in [4.78, 5) is 12.4. The quantitative estimate of drug-likeness (QED) is 0.857. The Morgan fingerprint density at radius 2 is 2.20 bits per heavy atom. The van der Waals surface area contributed by atoms with Crippen molar-refractivity contribution >= 4 is 49.1 Å². The second-order valence-corrected chi connectivity index (χ2v) is 6.75. The summed E-state index contributed by atoms with van der Waals surface area (Å²) in [6.45, 7) is 0. The third-order valence-corrected chi connectivity index (χ3v) is 5.57. The zero-order valence-corrected chi connectivity index (χ0v) is 11.7. The van der Waals surface area contributed by atoms with Crippen LogP contribution >= 0.6 is 43.2 Å². The van der Waals surface area contributed by atoms with Gasteiger partial charge in [0.05, 0.1) is 14.8 Å². The third-order valence-electron chi connectivity index (χ3n) is 2.32. The highest BCUT2D eigenvalue weighted by Crippen LogP contribution is 2.32. The number of amides is 1. The van der Waals surface area contributed by atoms with Crippen LogP contribution in [0.4, 0.5) is 0 Å². The van der Waals surface area contributed by atoms with E-state index in [-0.39, 0.29) is 18.1 Å². The number of aliphatic hydroxyl groups excluding tert-OH is 1. The van der Waals surface area contributed by atoms with Crippen molar-refractivity contribution in [2.45, 2.75) is 25.0 Å². The molecular formula is C9H9Br2NO2S. The van der Waals surface area contributed by atoms with Gasteiger partial charge in [0.2, 0.25) is 0 Å². The third kappa shape index (κ3) is 2.61. The van der Waals surface area contributed by atoms with Crippen LogP contribution in [0.25, 0.3) is 0 Å². The van der Waals surface area contributed by atoms with Crippen LogP contribution in [0, 0.1) is 0 Å². The van der Waals surface area contributed by atoms with Crippen LogP contribution in [-0.4, -0.2) is 23.2 Å². The Morgan fingerprint density at radius 3 is 2.67 bits per heavy atom. The molecule has 0 unspecified atom stereocenters. The molecule has 1 heterocycles. The van der Waals surface area contributed by atoms with E-state index in [0.29, 0.717) is 17.7 Å². The molecule has 1 saturated carbocycles. The molecule has 1 aromatic heterocycles. The van der Waals surface area contributed by atoms with E-state index in [0.717, 1.165) is 8.26 Å². The van der Waals surface area contributed by atoms with Gasteiger partial charge in [0.15, 0.2) is 0 Å². The number of carbonyl (C=O) groups is 1. The van der Waals surface area contributed by atoms with Crippen molar-refractivity contribution in [2.24, 2.45) is 0 Å². The molecule has 0 spiro atoms. The molecule has 1 fully saturated rings. The maximum Gasteiger partial charge on any atom is 0.261 e. The van der Waals surface area contributed by atoms with Crippen molar-refractivity contribution in [3.8, 4) is 0 Å². The van der Waals surface area contributed by atoms with Gasteiger partial charge in [-0.2, -0.15) is 0 Å². The summed E-state index contributed by atoms with van der Waals surface area (Å²) in [6, 6.07) is 1.92. The Balaban J connectivity index is 1.96. The number of rotatable bonds is 2. The molecule has 3 nitrogen and oxygen atoms in total. The second kappa shape index (κ2) is 4.53. The second-order valence-electron chi connectivity index (χ2n) is 3.53. The van der Waals surface area contributed by atoms with Crippen molar-refractivity contribution in [1.82, 2.24) is 5.32 Å². The number of thiophene rings is 1. The summed E-state index contributed by atoms with van der Waals surface area (Å²) < 4.78 is 1.81. The number of nitrogens with one attached hydrogen (secondary N) is 1. The van der Waals surface area contributed by atoms with Crippen molar-refractivity contribution < 1.29 is 9.90 Å². The Kier molecular flexibility index (Phi) is 3.49. The highest BCUT2D eigenvalue weighted by molar-refractivity contribution is 9.13. The maximum absolute atomic E-state index is 11.7. The van der Waals surface area contributed by atoms with E-state index in [1.54, 1.807) is 6.07 Å². The van der Waals surface area contributed by atoms with Gasteiger partial charge in [-0.25, -0.2) is 0 Å². The Labute approximate surface area is 108 Å². The molecule has 0 saturated heterocycles. The normalized spacial score (nSPS) is 24.7. The van der Waals surface area contributed by atoms with Gasteiger partial charge in [-0.05, 0) is 50.8 Å². The standard InChI is InChI=1S/C9H9Br2NO2S/c10-6-3-7(15-8(6)11)9(14)12-4-1-5(13)2-4/h3-5,13H,1-2H2,(H,12,14). The van der Waals surface area contributed by atoms with E-state index in [1.165, 1.54) is 11.3 Å². The minimum absolute atomic E-state index is 0.0664. The van der Waals surface area contributed by atoms with Crippen molar-refractivity contribution in [3.63, 3.8) is 0 Å². The minimum atomic E-state index is -0.239. The zero-order chi connectivity index (χ0) is 11.0. The van der Waals surface area contributed by atoms with Gasteiger partial charge in [0, 0.05) is 10.5 Å². The van der Waals surface area contributed by atoms with E-state index in [1.807, 2.05) is 0 Å². The molecule has 6 heteroatoms. The van der Waals surface area contributed by atoms with Crippen LogP contribution in [0.2, 0.25) is 0 Å². The first kappa shape index (κ1) is 11.6. The van der Waals surface area contributed by atoms with Crippen LogP contribution in [-0.2, 0) is 0 Å². The summed E-state index contributed by atoms with van der Waals surface area (Å²) in [5.41, 5.74) is 0. The summed E-state index contributed by atoms with van der Waals surface area (Å²) in [5.74, 6) is -0.0664. The average Bonchev–Trinajstić information content (AvgIpc) is 2.44. The largest absolute Gasteiger partial charge is 0.393 e. The predicted octanol–water partition coefficient (Wildman–Crippen LogP) is 2.53. The fourth-order valence-corrected chi connectivity index (χ4v) is 3.36. The fraction of sp³-hybridized carbons (Fsp3) is 0.444. The molecule has 1 aliphatic carbocycles. The molecule has 0 bridgehead atoms. The lowest BCUT2D eigenvalue weighted by Crippen LogP contribution is -2.46. The Hall–Kier alpha value is 0.0900. The molecule has 1 aliphatic rings. The van der Waals surface area contributed by atoms with Crippen LogP contribution in [0.1, 0.15) is 22.5 Å². The predicted molar refractivity (Wildman–Crippen MR) is 66.2 cm³/mol. The van der Waals surface area contributed by atoms with Crippen molar-refractivity contribution in [3.05, 3.63) is 19.2 Å². The van der Waals surface area contributed by atoms with Crippen molar-refractivity contribution in [1.29, 1.82) is 0 Å². The first-order chi connectivity index (χ1) is 7.06. The van der Waals surface area contributed by atoms with Gasteiger partial charge in [-0.3, -0.25) is 4.79 Å². The maximum atomic E-state index is 11.7. The smallest absolute Gasteiger partial charge is 0.261 e. The zero-order valence-electron chi connectivity index (χ0n) is 7.67. The van der Waals surface area contributed by atoms with Crippen molar-refractivity contribution in [2.75, 3.05) is 0 Å². The van der Waals surface area contributed by atoms with E-state index in [9.17, 15) is 4.79 Å². The monoisotopic (exact) mass is 353 g/mol. The number of hydrogen-bond donors (Lipinski definition) is 2. The molecule has 1 amide bonds. The highest BCUT2D eigenvalue weighted by atomic mass is 79.9. The van der Waals surface area contributed by atoms with Crippen LogP contribution in [0.3, 0.4) is 0 Å². The molecule has 2 rings (SSSR count). The highest BCUT2D eigenvalue weighted by Gasteiger charge is 2.29. The van der Waals surface area contributed by atoms with Crippen LogP contribution < -0.4 is 5.32 Å². The van der Waals surface area contributed by atoms with Gasteiger partial charge in [0.1, 0.15) is 0 Å². The minimum Gasteiger partial charge on any atom is -0.393 e. The van der Waals surface area contributed by atoms with Gasteiger partial charge in [-0.1, -0.05) is 0 Å². The Morgan fingerprint density at radius 1 is 1.53 bits per heavy atom. The number of carbonyl (C=O) groups excluding carboxylic acids is 1. The lowest BCUT2D eigenvalue weighted by atomic mass is 9.89. The van der Waals surface area contributed by atoms with Crippen LogP contribution in [0.15, 0.2) is 14.3 Å². The number of halogens is 2. The molecule has 0 aromatic carbocycles. The van der Waals surface area contributed by atoms with Gasteiger partial charge in [-0.15, -0.1) is 11.3 Å². The van der Waals surface area contributed by atoms with Gasteiger partial charge >= 0.3 is 0 Å². The lowest BCUT2D eigenvalue weighted by Gasteiger charge is -2.31. The average molecular weight is 355 g/mol. The van der Waals surface area contributed by atoms with E-state index in [2.05, 4.69) is 37.2 Å². The van der Waals surface area contributed by atoms with E-state index in [4.69, 9.17) is 5.11 Å². The molecule has 2 N–H and O–H groups in total. The molecule has 1 aromatic rings. The first-order valence-corrected chi connectivity index (χ1v) is 6.90. The Bertz CT molecular complexity index is 368. The molecule has 82 valence electrons. The molecule has 0 atom stereocenters. The molecule has 0 radical (unpaired) electrons. The summed E-state index contributed by atoms with van der Waals surface area (Å²) >= 11 is 8.07.